The fourth-order valence-electron chi connectivity index (χ4n) is 4.42. The second kappa shape index (κ2) is 10.2. The Labute approximate surface area is 218 Å². The summed E-state index contributed by atoms with van der Waals surface area (Å²) in [7, 11) is 1.55. The molecule has 0 aliphatic heterocycles. The van der Waals surface area contributed by atoms with Gasteiger partial charge in [-0.25, -0.2) is 9.78 Å². The molecular weight excluding hydrogens is 484 g/mol. The molecule has 5 aromatic rings. The highest BCUT2D eigenvalue weighted by Crippen LogP contribution is 2.34. The van der Waals surface area contributed by atoms with Crippen LogP contribution in [0.2, 0.25) is 0 Å². The molecule has 0 radical (unpaired) electrons. The first-order valence-corrected chi connectivity index (χ1v) is 11.9. The van der Waals surface area contributed by atoms with Crippen LogP contribution in [0.5, 0.6) is 17.2 Å². The topological polar surface area (TPSA) is 101 Å². The molecule has 0 spiro atoms. The highest BCUT2D eigenvalue weighted by atomic mass is 16.6. The van der Waals surface area contributed by atoms with Crippen LogP contribution in [0.25, 0.3) is 21.8 Å². The standard InChI is InChI=1S/C30H24N2O6/c1-18-13-21(32(34)35)14-19(2)29(18)38-30(33)28-24-15-22(36-3)9-11-26(24)31-27-12-10-23(16-25(27)28)37-17-20-7-5-4-6-8-20/h4-16H,17H2,1-3H3. The van der Waals surface area contributed by atoms with Crippen molar-refractivity contribution in [3.8, 4) is 17.2 Å². The minimum atomic E-state index is -0.615. The van der Waals surface area contributed by atoms with Crippen LogP contribution in [0.15, 0.2) is 78.9 Å². The number of ether oxygens (including phenoxy) is 3. The molecule has 1 aromatic heterocycles. The summed E-state index contributed by atoms with van der Waals surface area (Å²) >= 11 is 0. The number of aromatic nitrogens is 1. The lowest BCUT2D eigenvalue weighted by molar-refractivity contribution is -0.385. The van der Waals surface area contributed by atoms with Gasteiger partial charge in [0, 0.05) is 22.9 Å². The van der Waals surface area contributed by atoms with E-state index in [2.05, 4.69) is 0 Å². The van der Waals surface area contributed by atoms with Crippen molar-refractivity contribution in [1.29, 1.82) is 0 Å². The quantitative estimate of drug-likeness (QED) is 0.0791. The van der Waals surface area contributed by atoms with Crippen LogP contribution in [0.4, 0.5) is 5.69 Å². The molecule has 4 aromatic carbocycles. The van der Waals surface area contributed by atoms with Gasteiger partial charge in [0.15, 0.2) is 0 Å². The number of nitro groups is 1. The number of non-ortho nitro benzene ring substituents is 1. The lowest BCUT2D eigenvalue weighted by Crippen LogP contribution is -2.12. The highest BCUT2D eigenvalue weighted by molar-refractivity contribution is 6.15. The Morgan fingerprint density at radius 3 is 2.08 bits per heavy atom. The Morgan fingerprint density at radius 2 is 1.47 bits per heavy atom. The molecule has 0 amide bonds. The van der Waals surface area contributed by atoms with Gasteiger partial charge in [-0.1, -0.05) is 30.3 Å². The number of carbonyl (C=O) groups is 1. The molecule has 0 atom stereocenters. The molecule has 0 saturated heterocycles. The minimum Gasteiger partial charge on any atom is -0.497 e. The van der Waals surface area contributed by atoms with Crippen LogP contribution in [0.3, 0.4) is 0 Å². The normalized spacial score (nSPS) is 10.9. The number of rotatable bonds is 7. The molecule has 0 N–H and O–H groups in total. The van der Waals surface area contributed by atoms with Crippen molar-refractivity contribution in [2.24, 2.45) is 0 Å². The summed E-state index contributed by atoms with van der Waals surface area (Å²) in [5.74, 6) is 0.794. The van der Waals surface area contributed by atoms with Gasteiger partial charge in [-0.05, 0) is 66.9 Å². The van der Waals surface area contributed by atoms with Crippen molar-refractivity contribution in [3.05, 3.63) is 111 Å². The summed E-state index contributed by atoms with van der Waals surface area (Å²) < 4.78 is 17.3. The predicted octanol–water partition coefficient (Wildman–Crippen LogP) is 6.72. The largest absolute Gasteiger partial charge is 0.497 e. The van der Waals surface area contributed by atoms with Crippen molar-refractivity contribution in [2.75, 3.05) is 7.11 Å². The SMILES string of the molecule is COc1ccc2nc3ccc(OCc4ccccc4)cc3c(C(=O)Oc3c(C)cc([N+](=O)[O-])cc3C)c2c1. The van der Waals surface area contributed by atoms with Gasteiger partial charge < -0.3 is 14.2 Å². The maximum absolute atomic E-state index is 13.8. The van der Waals surface area contributed by atoms with Crippen LogP contribution < -0.4 is 14.2 Å². The van der Waals surface area contributed by atoms with Gasteiger partial charge in [-0.3, -0.25) is 10.1 Å². The number of hydrogen-bond donors (Lipinski definition) is 0. The fraction of sp³-hybridized carbons (Fsp3) is 0.133. The predicted molar refractivity (Wildman–Crippen MR) is 144 cm³/mol. The smallest absolute Gasteiger partial charge is 0.344 e. The summed E-state index contributed by atoms with van der Waals surface area (Å²) in [6.07, 6.45) is 0. The third-order valence-electron chi connectivity index (χ3n) is 6.25. The van der Waals surface area contributed by atoms with E-state index < -0.39 is 10.9 Å². The van der Waals surface area contributed by atoms with E-state index in [4.69, 9.17) is 19.2 Å². The average molecular weight is 509 g/mol. The first kappa shape index (κ1) is 24.7. The lowest BCUT2D eigenvalue weighted by Gasteiger charge is -2.15. The summed E-state index contributed by atoms with van der Waals surface area (Å²) in [4.78, 5) is 29.3. The van der Waals surface area contributed by atoms with E-state index in [9.17, 15) is 14.9 Å². The average Bonchev–Trinajstić information content (AvgIpc) is 2.92. The molecule has 1 heterocycles. The van der Waals surface area contributed by atoms with Crippen molar-refractivity contribution in [1.82, 2.24) is 4.98 Å². The number of aryl methyl sites for hydroxylation is 2. The molecule has 190 valence electrons. The van der Waals surface area contributed by atoms with Crippen LogP contribution in [-0.2, 0) is 6.61 Å². The number of esters is 1. The molecule has 0 aliphatic rings. The third kappa shape index (κ3) is 4.84. The Hall–Kier alpha value is -4.98. The molecule has 0 fully saturated rings. The maximum Gasteiger partial charge on any atom is 0.344 e. The Balaban J connectivity index is 1.62. The fourth-order valence-corrected chi connectivity index (χ4v) is 4.42. The van der Waals surface area contributed by atoms with Gasteiger partial charge in [0.2, 0.25) is 0 Å². The highest BCUT2D eigenvalue weighted by Gasteiger charge is 2.22. The van der Waals surface area contributed by atoms with Gasteiger partial charge in [0.05, 0.1) is 28.6 Å². The number of methoxy groups -OCH3 is 1. The van der Waals surface area contributed by atoms with Gasteiger partial charge in [0.1, 0.15) is 23.9 Å². The molecule has 38 heavy (non-hydrogen) atoms. The number of carbonyl (C=O) groups excluding carboxylic acids is 1. The maximum atomic E-state index is 13.8. The Kier molecular flexibility index (Phi) is 6.62. The molecule has 8 heteroatoms. The molecule has 0 saturated carbocycles. The van der Waals surface area contributed by atoms with Crippen molar-refractivity contribution in [3.63, 3.8) is 0 Å². The number of hydrogen-bond acceptors (Lipinski definition) is 7. The molecule has 8 nitrogen and oxygen atoms in total. The molecule has 5 rings (SSSR count). The number of fused-ring (bicyclic) bond motifs is 2. The lowest BCUT2D eigenvalue weighted by atomic mass is 10.0. The number of pyridine rings is 1. The van der Waals surface area contributed by atoms with E-state index in [-0.39, 0.29) is 11.4 Å². The van der Waals surface area contributed by atoms with E-state index >= 15 is 0 Å². The van der Waals surface area contributed by atoms with Gasteiger partial charge in [-0.2, -0.15) is 0 Å². The van der Waals surface area contributed by atoms with E-state index in [0.717, 1.165) is 5.56 Å². The van der Waals surface area contributed by atoms with Crippen LogP contribution in [-0.4, -0.2) is 23.0 Å². The van der Waals surface area contributed by atoms with Crippen LogP contribution in [0, 0.1) is 24.0 Å². The monoisotopic (exact) mass is 508 g/mol. The third-order valence-corrected chi connectivity index (χ3v) is 6.25. The summed E-state index contributed by atoms with van der Waals surface area (Å²) in [5, 5.41) is 12.4. The van der Waals surface area contributed by atoms with Crippen molar-refractivity contribution in [2.45, 2.75) is 20.5 Å². The minimum absolute atomic E-state index is 0.0652. The van der Waals surface area contributed by atoms with Crippen molar-refractivity contribution < 1.29 is 23.9 Å². The van der Waals surface area contributed by atoms with Crippen LogP contribution in [0.1, 0.15) is 27.0 Å². The first-order valence-electron chi connectivity index (χ1n) is 11.9. The van der Waals surface area contributed by atoms with E-state index in [0.29, 0.717) is 56.6 Å². The van der Waals surface area contributed by atoms with E-state index in [1.165, 1.54) is 12.1 Å². The number of nitro benzene ring substituents is 1. The molecule has 0 unspecified atom stereocenters. The molecule has 0 aliphatic carbocycles. The molecular formula is C30H24N2O6. The summed E-state index contributed by atoms with van der Waals surface area (Å²) in [6, 6.07) is 23.2. The zero-order valence-corrected chi connectivity index (χ0v) is 21.1. The van der Waals surface area contributed by atoms with E-state index in [1.54, 1.807) is 51.3 Å². The van der Waals surface area contributed by atoms with Crippen LogP contribution >= 0.6 is 0 Å². The zero-order chi connectivity index (χ0) is 26.8. The number of nitrogens with zero attached hydrogens (tertiary/aromatic N) is 2. The van der Waals surface area contributed by atoms with Crippen molar-refractivity contribution >= 4 is 33.5 Å². The van der Waals surface area contributed by atoms with E-state index in [1.807, 2.05) is 36.4 Å². The first-order chi connectivity index (χ1) is 18.3. The zero-order valence-electron chi connectivity index (χ0n) is 21.1. The van der Waals surface area contributed by atoms with Gasteiger partial charge >= 0.3 is 5.97 Å². The Bertz CT molecular complexity index is 1680. The van der Waals surface area contributed by atoms with Gasteiger partial charge in [0.25, 0.3) is 5.69 Å². The van der Waals surface area contributed by atoms with Gasteiger partial charge in [-0.15, -0.1) is 0 Å². The summed E-state index contributed by atoms with van der Waals surface area (Å²) in [5.41, 5.74) is 3.40. The number of benzene rings is 4. The molecule has 0 bridgehead atoms. The summed E-state index contributed by atoms with van der Waals surface area (Å²) in [6.45, 7) is 3.70. The second-order valence-corrected chi connectivity index (χ2v) is 8.88. The Morgan fingerprint density at radius 1 is 0.868 bits per heavy atom. The second-order valence-electron chi connectivity index (χ2n) is 8.88.